The maximum Gasteiger partial charge on any atom is 0.111 e. The molecule has 0 amide bonds. The Hall–Kier alpha value is -0.830. The third kappa shape index (κ3) is 1.48. The average molecular weight is 180 g/mol. The number of hydrogen-bond donors (Lipinski definition) is 1. The SMILES string of the molecule is CC1CCCc2cnc(CCO)n21. The van der Waals surface area contributed by atoms with Gasteiger partial charge in [-0.25, -0.2) is 4.98 Å². The summed E-state index contributed by atoms with van der Waals surface area (Å²) in [5.74, 6) is 1.05. The lowest BCUT2D eigenvalue weighted by Crippen LogP contribution is -2.17. The lowest BCUT2D eigenvalue weighted by Gasteiger charge is -2.23. The Morgan fingerprint density at radius 3 is 3.31 bits per heavy atom. The van der Waals surface area contributed by atoms with Gasteiger partial charge in [0, 0.05) is 24.4 Å². The maximum absolute atomic E-state index is 8.87. The summed E-state index contributed by atoms with van der Waals surface area (Å²) in [6.45, 7) is 2.42. The minimum absolute atomic E-state index is 0.198. The van der Waals surface area contributed by atoms with Crippen molar-refractivity contribution in [3.63, 3.8) is 0 Å². The van der Waals surface area contributed by atoms with E-state index < -0.39 is 0 Å². The minimum Gasteiger partial charge on any atom is -0.396 e. The van der Waals surface area contributed by atoms with Crippen LogP contribution in [0.3, 0.4) is 0 Å². The zero-order chi connectivity index (χ0) is 9.26. The molecule has 72 valence electrons. The molecule has 0 saturated heterocycles. The fourth-order valence-corrected chi connectivity index (χ4v) is 2.15. The molecule has 0 aliphatic carbocycles. The van der Waals surface area contributed by atoms with Gasteiger partial charge in [0.2, 0.25) is 0 Å². The predicted octanol–water partition coefficient (Wildman–Crippen LogP) is 1.32. The molecule has 1 N–H and O–H groups in total. The molecule has 1 aliphatic heterocycles. The molecule has 0 bridgehead atoms. The number of aliphatic hydroxyl groups excluding tert-OH is 1. The standard InChI is InChI=1S/C10H16N2O/c1-8-3-2-4-9-7-11-10(5-6-13)12(8)9/h7-8,13H,2-6H2,1H3. The minimum atomic E-state index is 0.198. The van der Waals surface area contributed by atoms with Crippen molar-refractivity contribution in [3.05, 3.63) is 17.7 Å². The zero-order valence-electron chi connectivity index (χ0n) is 8.03. The van der Waals surface area contributed by atoms with Crippen LogP contribution in [0.2, 0.25) is 0 Å². The van der Waals surface area contributed by atoms with Gasteiger partial charge in [-0.2, -0.15) is 0 Å². The highest BCUT2D eigenvalue weighted by atomic mass is 16.3. The van der Waals surface area contributed by atoms with Gasteiger partial charge in [-0.3, -0.25) is 0 Å². The second-order valence-electron chi connectivity index (χ2n) is 3.75. The van der Waals surface area contributed by atoms with E-state index in [1.807, 2.05) is 6.20 Å². The van der Waals surface area contributed by atoms with Crippen molar-refractivity contribution in [2.24, 2.45) is 0 Å². The van der Waals surface area contributed by atoms with Gasteiger partial charge in [-0.15, -0.1) is 0 Å². The molecule has 13 heavy (non-hydrogen) atoms. The summed E-state index contributed by atoms with van der Waals surface area (Å²) in [5.41, 5.74) is 1.34. The Labute approximate surface area is 78.4 Å². The van der Waals surface area contributed by atoms with E-state index in [1.165, 1.54) is 18.5 Å². The molecule has 0 radical (unpaired) electrons. The van der Waals surface area contributed by atoms with E-state index in [2.05, 4.69) is 16.5 Å². The van der Waals surface area contributed by atoms with Gasteiger partial charge in [0.1, 0.15) is 5.82 Å². The van der Waals surface area contributed by atoms with E-state index in [4.69, 9.17) is 5.11 Å². The number of fused-ring (bicyclic) bond motifs is 1. The third-order valence-electron chi connectivity index (χ3n) is 2.78. The van der Waals surface area contributed by atoms with Crippen molar-refractivity contribution in [2.45, 2.75) is 38.6 Å². The highest BCUT2D eigenvalue weighted by molar-refractivity contribution is 5.10. The average Bonchev–Trinajstić information content (AvgIpc) is 2.51. The van der Waals surface area contributed by atoms with E-state index >= 15 is 0 Å². The summed E-state index contributed by atoms with van der Waals surface area (Å²) in [4.78, 5) is 4.34. The molecule has 1 aliphatic rings. The van der Waals surface area contributed by atoms with Crippen LogP contribution in [0.5, 0.6) is 0 Å². The van der Waals surface area contributed by atoms with Crippen molar-refractivity contribution in [2.75, 3.05) is 6.61 Å². The Morgan fingerprint density at radius 1 is 1.69 bits per heavy atom. The molecule has 0 fully saturated rings. The zero-order valence-corrected chi connectivity index (χ0v) is 8.03. The Morgan fingerprint density at radius 2 is 2.54 bits per heavy atom. The molecule has 1 aromatic heterocycles. The van der Waals surface area contributed by atoms with E-state index in [0.717, 1.165) is 12.2 Å². The summed E-state index contributed by atoms with van der Waals surface area (Å²) < 4.78 is 2.29. The first-order valence-electron chi connectivity index (χ1n) is 4.98. The predicted molar refractivity (Wildman–Crippen MR) is 50.7 cm³/mol. The Balaban J connectivity index is 2.32. The maximum atomic E-state index is 8.87. The van der Waals surface area contributed by atoms with Crippen LogP contribution in [0.4, 0.5) is 0 Å². The molecule has 0 spiro atoms. The molecular weight excluding hydrogens is 164 g/mol. The number of imidazole rings is 1. The number of aryl methyl sites for hydroxylation is 1. The van der Waals surface area contributed by atoms with Crippen LogP contribution >= 0.6 is 0 Å². The normalized spacial score (nSPS) is 21.5. The molecular formula is C10H16N2O. The van der Waals surface area contributed by atoms with Gasteiger partial charge in [-0.05, 0) is 26.2 Å². The summed E-state index contributed by atoms with van der Waals surface area (Å²) in [6.07, 6.45) is 6.29. The quantitative estimate of drug-likeness (QED) is 0.745. The smallest absolute Gasteiger partial charge is 0.111 e. The van der Waals surface area contributed by atoms with Crippen LogP contribution in [0, 0.1) is 0 Å². The van der Waals surface area contributed by atoms with E-state index in [-0.39, 0.29) is 6.61 Å². The van der Waals surface area contributed by atoms with E-state index in [9.17, 15) is 0 Å². The highest BCUT2D eigenvalue weighted by Crippen LogP contribution is 2.25. The van der Waals surface area contributed by atoms with Gasteiger partial charge >= 0.3 is 0 Å². The van der Waals surface area contributed by atoms with Crippen molar-refractivity contribution < 1.29 is 5.11 Å². The van der Waals surface area contributed by atoms with E-state index in [0.29, 0.717) is 12.5 Å². The van der Waals surface area contributed by atoms with Gasteiger partial charge in [0.25, 0.3) is 0 Å². The van der Waals surface area contributed by atoms with Crippen LogP contribution in [0.15, 0.2) is 6.20 Å². The number of hydrogen-bond acceptors (Lipinski definition) is 2. The van der Waals surface area contributed by atoms with Gasteiger partial charge < -0.3 is 9.67 Å². The molecule has 1 aromatic rings. The Bertz CT molecular complexity index is 293. The largest absolute Gasteiger partial charge is 0.396 e. The molecule has 0 saturated carbocycles. The van der Waals surface area contributed by atoms with Gasteiger partial charge in [-0.1, -0.05) is 0 Å². The number of aliphatic hydroxyl groups is 1. The van der Waals surface area contributed by atoms with Crippen molar-refractivity contribution in [1.82, 2.24) is 9.55 Å². The first-order valence-corrected chi connectivity index (χ1v) is 4.98. The van der Waals surface area contributed by atoms with Crippen LogP contribution in [-0.2, 0) is 12.8 Å². The van der Waals surface area contributed by atoms with Crippen molar-refractivity contribution >= 4 is 0 Å². The number of rotatable bonds is 2. The molecule has 2 rings (SSSR count). The fraction of sp³-hybridized carbons (Fsp3) is 0.700. The van der Waals surface area contributed by atoms with Gasteiger partial charge in [0.05, 0.1) is 6.61 Å². The molecule has 3 nitrogen and oxygen atoms in total. The monoisotopic (exact) mass is 180 g/mol. The molecule has 1 atom stereocenters. The first-order chi connectivity index (χ1) is 6.33. The van der Waals surface area contributed by atoms with E-state index in [1.54, 1.807) is 0 Å². The summed E-state index contributed by atoms with van der Waals surface area (Å²) >= 11 is 0. The molecule has 1 unspecified atom stereocenters. The van der Waals surface area contributed by atoms with Crippen molar-refractivity contribution in [1.29, 1.82) is 0 Å². The fourth-order valence-electron chi connectivity index (χ4n) is 2.15. The summed E-state index contributed by atoms with van der Waals surface area (Å²) in [6, 6.07) is 0.563. The van der Waals surface area contributed by atoms with Gasteiger partial charge in [0.15, 0.2) is 0 Å². The lowest BCUT2D eigenvalue weighted by atomic mass is 10.0. The second-order valence-corrected chi connectivity index (χ2v) is 3.75. The summed E-state index contributed by atoms with van der Waals surface area (Å²) in [7, 11) is 0. The number of aromatic nitrogens is 2. The van der Waals surface area contributed by atoms with Crippen LogP contribution in [0.25, 0.3) is 0 Å². The summed E-state index contributed by atoms with van der Waals surface area (Å²) in [5, 5.41) is 8.87. The first kappa shape index (κ1) is 8.75. The van der Waals surface area contributed by atoms with Crippen molar-refractivity contribution in [3.8, 4) is 0 Å². The third-order valence-corrected chi connectivity index (χ3v) is 2.78. The number of nitrogens with zero attached hydrogens (tertiary/aromatic N) is 2. The topological polar surface area (TPSA) is 38.1 Å². The Kier molecular flexibility index (Phi) is 2.36. The molecule has 2 heterocycles. The highest BCUT2D eigenvalue weighted by Gasteiger charge is 2.18. The lowest BCUT2D eigenvalue weighted by molar-refractivity contribution is 0.291. The second kappa shape index (κ2) is 3.50. The molecule has 0 aromatic carbocycles. The van der Waals surface area contributed by atoms with Crippen LogP contribution in [-0.4, -0.2) is 21.3 Å². The molecule has 3 heteroatoms. The van der Waals surface area contributed by atoms with Crippen LogP contribution in [0.1, 0.15) is 37.3 Å². The van der Waals surface area contributed by atoms with Crippen LogP contribution < -0.4 is 0 Å².